The molecule has 0 aromatic carbocycles. The second kappa shape index (κ2) is 8.21. The summed E-state index contributed by atoms with van der Waals surface area (Å²) >= 11 is 0. The maximum Gasteiger partial charge on any atom is 2.00 e. The molecule has 6 heteroatoms. The van der Waals surface area contributed by atoms with Crippen LogP contribution in [0.2, 0.25) is 0 Å². The third kappa shape index (κ3) is 4.84. The molecular formula is C11H12N2O3U. The molecule has 0 spiro atoms. The van der Waals surface area contributed by atoms with Crippen LogP contribution in [0.3, 0.4) is 0 Å². The Bertz CT molecular complexity index is 351. The third-order valence-corrected chi connectivity index (χ3v) is 2.12. The molecule has 0 saturated carbocycles. The predicted octanol–water partition coefficient (Wildman–Crippen LogP) is -0.0796. The largest absolute Gasteiger partial charge is 2.00 e. The van der Waals surface area contributed by atoms with E-state index < -0.39 is 6.23 Å². The SMILES string of the molecule is C=C=CN[C-](C=C[C-]=O)C1CC(=O)OC1N.[U+2]. The molecule has 0 aromatic rings. The van der Waals surface area contributed by atoms with Crippen molar-refractivity contribution in [2.45, 2.75) is 12.6 Å². The van der Waals surface area contributed by atoms with E-state index in [1.165, 1.54) is 18.4 Å². The van der Waals surface area contributed by atoms with Gasteiger partial charge in [-0.1, -0.05) is 6.58 Å². The Labute approximate surface area is 124 Å². The van der Waals surface area contributed by atoms with Gasteiger partial charge in [0.25, 0.3) is 0 Å². The Kier molecular flexibility index (Phi) is 7.77. The van der Waals surface area contributed by atoms with Crippen LogP contribution in [-0.2, 0) is 14.3 Å². The van der Waals surface area contributed by atoms with Crippen LogP contribution in [0, 0.1) is 43.1 Å². The number of hydrogen-bond acceptors (Lipinski definition) is 5. The molecule has 3 N–H and O–H groups in total. The summed E-state index contributed by atoms with van der Waals surface area (Å²) in [6, 6.07) is 0.595. The van der Waals surface area contributed by atoms with Gasteiger partial charge in [0.2, 0.25) is 0 Å². The molecule has 1 heterocycles. The quantitative estimate of drug-likeness (QED) is 0.261. The Morgan fingerprint density at radius 1 is 1.71 bits per heavy atom. The van der Waals surface area contributed by atoms with E-state index in [2.05, 4.69) is 17.6 Å². The Morgan fingerprint density at radius 3 is 2.88 bits per heavy atom. The average Bonchev–Trinajstić information content (AvgIpc) is 2.58. The smallest absolute Gasteiger partial charge is 0.453 e. The molecule has 1 aliphatic rings. The fraction of sp³-hybridized carbons (Fsp3) is 0.273. The first kappa shape index (κ1) is 16.1. The van der Waals surface area contributed by atoms with E-state index >= 15 is 0 Å². The van der Waals surface area contributed by atoms with Crippen molar-refractivity contribution in [3.8, 4) is 0 Å². The zero-order valence-electron chi connectivity index (χ0n) is 9.10. The number of ether oxygens (including phenoxy) is 1. The minimum absolute atomic E-state index is 0. The minimum atomic E-state index is -0.704. The predicted molar refractivity (Wildman–Crippen MR) is 57.1 cm³/mol. The number of cyclic esters (lactones) is 1. The Balaban J connectivity index is 0.00000256. The molecule has 2 unspecified atom stereocenters. The van der Waals surface area contributed by atoms with Crippen LogP contribution in [0.15, 0.2) is 30.7 Å². The van der Waals surface area contributed by atoms with Gasteiger partial charge in [-0.3, -0.25) is 10.5 Å². The van der Waals surface area contributed by atoms with Gasteiger partial charge in [-0.2, -0.15) is 0 Å². The molecule has 0 amide bonds. The van der Waals surface area contributed by atoms with Crippen molar-refractivity contribution in [1.82, 2.24) is 5.32 Å². The summed E-state index contributed by atoms with van der Waals surface area (Å²) in [5.41, 5.74) is 8.15. The van der Waals surface area contributed by atoms with Gasteiger partial charge >= 0.3 is 37.1 Å². The molecule has 1 fully saturated rings. The van der Waals surface area contributed by atoms with Crippen LogP contribution in [0.25, 0.3) is 0 Å². The molecule has 0 aromatic heterocycles. The van der Waals surface area contributed by atoms with Crippen molar-refractivity contribution < 1.29 is 45.4 Å². The normalized spacial score (nSPS) is 22.3. The summed E-state index contributed by atoms with van der Waals surface area (Å²) in [6.07, 6.45) is 5.23. The molecule has 1 rings (SSSR count). The number of hydrogen-bond donors (Lipinski definition) is 2. The van der Waals surface area contributed by atoms with Crippen LogP contribution in [0.1, 0.15) is 6.42 Å². The molecule has 0 radical (unpaired) electrons. The van der Waals surface area contributed by atoms with Gasteiger partial charge in [0.15, 0.2) is 0 Å². The Morgan fingerprint density at radius 2 is 2.41 bits per heavy atom. The molecule has 2 atom stereocenters. The zero-order chi connectivity index (χ0) is 12.0. The van der Waals surface area contributed by atoms with E-state index in [0.29, 0.717) is 6.04 Å². The summed E-state index contributed by atoms with van der Waals surface area (Å²) in [6.45, 7) is 3.39. The number of esters is 1. The first-order valence-corrected chi connectivity index (χ1v) is 4.66. The number of nitrogens with one attached hydrogen (secondary N) is 1. The van der Waals surface area contributed by atoms with E-state index in [-0.39, 0.29) is 49.4 Å². The van der Waals surface area contributed by atoms with E-state index in [0.717, 1.165) is 0 Å². The standard InChI is InChI=1S/C11H12N2O3.U/c1-2-5-13-9(4-3-6-14)8-7-10(15)16-11(8)12;/h3-5,8,11,13H,1,7,12H2;/q-2;+2. The molecule has 0 aliphatic carbocycles. The van der Waals surface area contributed by atoms with Gasteiger partial charge in [0, 0.05) is 12.6 Å². The van der Waals surface area contributed by atoms with Crippen molar-refractivity contribution in [3.63, 3.8) is 0 Å². The first-order valence-electron chi connectivity index (χ1n) is 4.66. The number of rotatable bonds is 5. The number of allylic oxidation sites excluding steroid dienone is 1. The van der Waals surface area contributed by atoms with Crippen molar-refractivity contribution in [3.05, 3.63) is 36.7 Å². The first-order chi connectivity index (χ1) is 7.69. The summed E-state index contributed by atoms with van der Waals surface area (Å²) in [7, 11) is 0. The van der Waals surface area contributed by atoms with Crippen LogP contribution in [0.4, 0.5) is 0 Å². The number of nitrogens with two attached hydrogens (primary N) is 1. The van der Waals surface area contributed by atoms with Crippen molar-refractivity contribution in [2.75, 3.05) is 0 Å². The molecule has 0 bridgehead atoms. The van der Waals surface area contributed by atoms with E-state index in [1.807, 2.05) is 0 Å². The molecule has 17 heavy (non-hydrogen) atoms. The molecular weight excluding hydrogens is 446 g/mol. The average molecular weight is 458 g/mol. The Hall–Kier alpha value is -0.918. The molecule has 1 aliphatic heterocycles. The van der Waals surface area contributed by atoms with Crippen LogP contribution >= 0.6 is 0 Å². The van der Waals surface area contributed by atoms with Crippen molar-refractivity contribution in [1.29, 1.82) is 0 Å². The van der Waals surface area contributed by atoms with Gasteiger partial charge in [-0.05, 0) is 5.92 Å². The summed E-state index contributed by atoms with van der Waals surface area (Å²) in [4.78, 5) is 21.2. The van der Waals surface area contributed by atoms with Crippen molar-refractivity contribution >= 4 is 12.3 Å². The molecule has 5 nitrogen and oxygen atoms in total. The molecule has 1 saturated heterocycles. The van der Waals surface area contributed by atoms with Gasteiger partial charge in [0.1, 0.15) is 6.23 Å². The van der Waals surface area contributed by atoms with Crippen LogP contribution in [0.5, 0.6) is 0 Å². The monoisotopic (exact) mass is 458 g/mol. The second-order valence-corrected chi connectivity index (χ2v) is 3.16. The van der Waals surface area contributed by atoms with Gasteiger partial charge in [-0.25, -0.2) is 6.04 Å². The maximum atomic E-state index is 11.0. The van der Waals surface area contributed by atoms with E-state index in [4.69, 9.17) is 10.5 Å². The maximum absolute atomic E-state index is 11.0. The fourth-order valence-corrected chi connectivity index (χ4v) is 1.40. The summed E-state index contributed by atoms with van der Waals surface area (Å²) in [5.74, 6) is -0.662. The fourth-order valence-electron chi connectivity index (χ4n) is 1.40. The zero-order valence-corrected chi connectivity index (χ0v) is 13.3. The number of carbonyl (C=O) groups is 1. The van der Waals surface area contributed by atoms with Crippen LogP contribution < -0.4 is 11.1 Å². The van der Waals surface area contributed by atoms with E-state index in [9.17, 15) is 9.59 Å². The van der Waals surface area contributed by atoms with E-state index in [1.54, 1.807) is 6.29 Å². The molecule has 88 valence electrons. The second-order valence-electron chi connectivity index (χ2n) is 3.16. The van der Waals surface area contributed by atoms with Crippen molar-refractivity contribution in [2.24, 2.45) is 11.7 Å². The number of carbonyl (C=O) groups excluding carboxylic acids is 2. The van der Waals surface area contributed by atoms with Gasteiger partial charge < -0.3 is 27.0 Å². The summed E-state index contributed by atoms with van der Waals surface area (Å²) in [5, 5.41) is 2.84. The topological polar surface area (TPSA) is 81.4 Å². The minimum Gasteiger partial charge on any atom is -0.453 e. The third-order valence-electron chi connectivity index (χ3n) is 2.12. The summed E-state index contributed by atoms with van der Waals surface area (Å²) < 4.78 is 4.81. The van der Waals surface area contributed by atoms with Crippen LogP contribution in [-0.4, -0.2) is 18.5 Å². The van der Waals surface area contributed by atoms with Gasteiger partial charge in [0.05, 0.1) is 0 Å². The van der Waals surface area contributed by atoms with Gasteiger partial charge in [-0.15, -0.1) is 12.0 Å².